The number of nitrogens with one attached hydrogen (secondary N) is 2. The van der Waals surface area contributed by atoms with Crippen molar-refractivity contribution in [2.75, 3.05) is 0 Å². The Morgan fingerprint density at radius 2 is 1.38 bits per heavy atom. The largest absolute Gasteiger partial charge is 4.00 e. The first-order valence-electron chi connectivity index (χ1n) is 6.48. The zero-order chi connectivity index (χ0) is 17.8. The van der Waals surface area contributed by atoms with Crippen LogP contribution in [0.5, 0.6) is 0 Å². The van der Waals surface area contributed by atoms with E-state index in [0.717, 1.165) is 19.3 Å². The minimum absolute atomic E-state index is 0. The molecule has 1 aromatic carbocycles. The van der Waals surface area contributed by atoms with Gasteiger partial charge in [0.2, 0.25) is 0 Å². The van der Waals surface area contributed by atoms with Gasteiger partial charge in [-0.25, -0.2) is 8.42 Å². The summed E-state index contributed by atoms with van der Waals surface area (Å²) < 4.78 is 31.8. The van der Waals surface area contributed by atoms with Crippen molar-refractivity contribution in [3.05, 3.63) is 40.8 Å². The molecule has 1 saturated carbocycles. The topological polar surface area (TPSA) is 185 Å². The molecule has 1 aromatic rings. The summed E-state index contributed by atoms with van der Waals surface area (Å²) >= 11 is 0. The Kier molecular flexibility index (Phi) is 8.73. The van der Waals surface area contributed by atoms with Crippen molar-refractivity contribution in [2.45, 2.75) is 36.2 Å². The van der Waals surface area contributed by atoms with E-state index < -0.39 is 38.1 Å². The van der Waals surface area contributed by atoms with Crippen molar-refractivity contribution in [1.29, 1.82) is 0 Å². The first-order valence-corrected chi connectivity index (χ1v) is 7.89. The number of hydrogen-bond donors (Lipinski definition) is 0. The fourth-order valence-corrected chi connectivity index (χ4v) is 2.48. The van der Waals surface area contributed by atoms with Crippen LogP contribution < -0.4 is 10.2 Å². The summed E-state index contributed by atoms with van der Waals surface area (Å²) in [5.74, 6) is -3.60. The van der Waals surface area contributed by atoms with Crippen LogP contribution in [0.25, 0.3) is 11.5 Å². The Hall–Kier alpha value is -1.32. The molecule has 2 rings (SSSR count). The van der Waals surface area contributed by atoms with Gasteiger partial charge in [-0.15, -0.1) is 0 Å². The predicted octanol–water partition coefficient (Wildman–Crippen LogP) is -0.560. The van der Waals surface area contributed by atoms with Gasteiger partial charge in [0.1, 0.15) is 10.1 Å². The summed E-state index contributed by atoms with van der Waals surface area (Å²) in [6, 6.07) is 1.54. The van der Waals surface area contributed by atoms with Crippen LogP contribution in [0.15, 0.2) is 23.1 Å². The molecule has 0 radical (unpaired) electrons. The molecule has 2 unspecified atom stereocenters. The van der Waals surface area contributed by atoms with Crippen LogP contribution in [0.1, 0.15) is 41.4 Å². The number of aromatic carboxylic acids is 2. The van der Waals surface area contributed by atoms with Crippen LogP contribution in [0, 0.1) is 0 Å². The molecule has 0 spiro atoms. The maximum absolute atomic E-state index is 10.6. The Morgan fingerprint density at radius 1 is 1.00 bits per heavy atom. The zero-order valence-electron chi connectivity index (χ0n) is 13.1. The standard InChI is InChI=1S/C8H6O7S.C5H10N2.Pt/c9-7(10)4-1-5(8(11)12)3-6(2-4)16(13,14)15;6-4-2-1-3-5(4)7;/h1-3H,(H,9,10)(H,11,12)(H,13,14,15);4-7H,1-3H2;/q;-2;+4/p-2. The number of hydrogen-bond acceptors (Lipinski definition) is 7. The van der Waals surface area contributed by atoms with Crippen LogP contribution >= 0.6 is 0 Å². The third-order valence-corrected chi connectivity index (χ3v) is 4.00. The molecular formula is C13H14N2O7PtS. The van der Waals surface area contributed by atoms with Gasteiger partial charge in [0.25, 0.3) is 0 Å². The SMILES string of the molecule is O=C([O-])c1cc(C(=O)[O-])cc(S(=O)(=O)[O-])c1.[H+].[NH-]C1CCCC1[NH-].[Pt+4]. The van der Waals surface area contributed by atoms with Crippen LogP contribution in [-0.4, -0.2) is 37.0 Å². The molecule has 1 aliphatic carbocycles. The monoisotopic (exact) mass is 537 g/mol. The van der Waals surface area contributed by atoms with Crippen molar-refractivity contribution in [3.63, 3.8) is 0 Å². The van der Waals surface area contributed by atoms with E-state index in [-0.39, 0.29) is 34.6 Å². The second kappa shape index (κ2) is 9.24. The number of rotatable bonds is 3. The fourth-order valence-electron chi connectivity index (χ4n) is 1.94. The molecule has 0 heterocycles. The second-order valence-electron chi connectivity index (χ2n) is 4.92. The Bertz CT molecular complexity index is 674. The summed E-state index contributed by atoms with van der Waals surface area (Å²) in [4.78, 5) is 19.9. The molecule has 2 atom stereocenters. The van der Waals surface area contributed by atoms with E-state index in [1.54, 1.807) is 0 Å². The summed E-state index contributed by atoms with van der Waals surface area (Å²) in [5.41, 5.74) is 12.8. The van der Waals surface area contributed by atoms with Crippen molar-refractivity contribution in [3.8, 4) is 0 Å². The quantitative estimate of drug-likeness (QED) is 0.463. The normalized spacial score (nSPS) is 19.6. The maximum Gasteiger partial charge on any atom is 4.00 e. The average Bonchev–Trinajstić information content (AvgIpc) is 2.82. The van der Waals surface area contributed by atoms with E-state index in [1.807, 2.05) is 0 Å². The van der Waals surface area contributed by atoms with Gasteiger partial charge in [0.15, 0.2) is 0 Å². The van der Waals surface area contributed by atoms with Crippen molar-refractivity contribution in [1.82, 2.24) is 0 Å². The molecule has 1 aliphatic rings. The van der Waals surface area contributed by atoms with Gasteiger partial charge < -0.3 is 35.8 Å². The number of carboxylic acid groups (broad SMARTS) is 2. The van der Waals surface area contributed by atoms with Gasteiger partial charge in [-0.3, -0.25) is 0 Å². The molecule has 1 fully saturated rings. The van der Waals surface area contributed by atoms with E-state index in [2.05, 4.69) is 0 Å². The van der Waals surface area contributed by atoms with E-state index in [0.29, 0.717) is 18.2 Å². The van der Waals surface area contributed by atoms with Crippen molar-refractivity contribution >= 4 is 22.1 Å². The van der Waals surface area contributed by atoms with Crippen LogP contribution in [0.2, 0.25) is 0 Å². The smallest absolute Gasteiger partial charge is 0.744 e. The minimum Gasteiger partial charge on any atom is -0.744 e. The van der Waals surface area contributed by atoms with Crippen molar-refractivity contribution in [2.24, 2.45) is 0 Å². The molecule has 9 nitrogen and oxygen atoms in total. The molecule has 0 aliphatic heterocycles. The van der Waals surface area contributed by atoms with Crippen LogP contribution in [-0.2, 0) is 31.2 Å². The molecule has 134 valence electrons. The first-order chi connectivity index (χ1) is 10.5. The fraction of sp³-hybridized carbons (Fsp3) is 0.385. The number of carbonyl (C=O) groups is 2. The molecule has 24 heavy (non-hydrogen) atoms. The number of carbonyl (C=O) groups excluding carboxylic acids is 2. The first kappa shape index (κ1) is 22.7. The summed E-state index contributed by atoms with van der Waals surface area (Å²) in [6.07, 6.45) is 3.00. The number of benzene rings is 1. The second-order valence-corrected chi connectivity index (χ2v) is 6.30. The van der Waals surface area contributed by atoms with Crippen LogP contribution in [0.4, 0.5) is 0 Å². The van der Waals surface area contributed by atoms with Crippen LogP contribution in [0.3, 0.4) is 0 Å². The van der Waals surface area contributed by atoms with E-state index in [1.165, 1.54) is 0 Å². The van der Waals surface area contributed by atoms with Gasteiger partial charge in [-0.2, -0.15) is 12.1 Å². The van der Waals surface area contributed by atoms with E-state index >= 15 is 0 Å². The minimum atomic E-state index is -4.95. The van der Waals surface area contributed by atoms with Crippen molar-refractivity contribution < 1.29 is 55.3 Å². The Labute approximate surface area is 154 Å². The zero-order valence-corrected chi connectivity index (χ0v) is 15.2. The summed E-state index contributed by atoms with van der Waals surface area (Å²) in [6.45, 7) is 0. The van der Waals surface area contributed by atoms with Gasteiger partial charge in [0.05, 0.1) is 16.8 Å². The molecule has 0 aromatic heterocycles. The average molecular weight is 537 g/mol. The molecule has 11 heteroatoms. The molecular weight excluding hydrogens is 523 g/mol. The Balaban J connectivity index is 0. The summed E-state index contributed by atoms with van der Waals surface area (Å²) in [5, 5.41) is 20.9. The molecule has 2 N–H and O–H groups in total. The molecule has 0 saturated heterocycles. The van der Waals surface area contributed by atoms with Gasteiger partial charge >= 0.3 is 22.5 Å². The number of carboxylic acids is 2. The van der Waals surface area contributed by atoms with E-state index in [9.17, 15) is 32.8 Å². The van der Waals surface area contributed by atoms with Gasteiger partial charge in [-0.05, 0) is 29.3 Å². The van der Waals surface area contributed by atoms with Gasteiger partial charge in [0, 0.05) is 0 Å². The predicted molar refractivity (Wildman–Crippen MR) is 74.2 cm³/mol. The van der Waals surface area contributed by atoms with Gasteiger partial charge in [-0.1, -0.05) is 19.3 Å². The maximum atomic E-state index is 10.6. The third kappa shape index (κ3) is 6.66. The molecule has 0 bridgehead atoms. The third-order valence-electron chi connectivity index (χ3n) is 3.18. The summed E-state index contributed by atoms with van der Waals surface area (Å²) in [7, 11) is -4.95. The van der Waals surface area contributed by atoms with E-state index in [4.69, 9.17) is 11.5 Å². The molecule has 0 amide bonds. The Morgan fingerprint density at radius 3 is 1.58 bits per heavy atom.